The molecule has 2 saturated heterocycles. The van der Waals surface area contributed by atoms with E-state index in [4.69, 9.17) is 0 Å². The molecule has 3 aliphatic rings. The number of alkyl halides is 2. The van der Waals surface area contributed by atoms with Gasteiger partial charge in [-0.05, 0) is 25.2 Å². The van der Waals surface area contributed by atoms with Gasteiger partial charge in [-0.1, -0.05) is 12.8 Å². The summed E-state index contributed by atoms with van der Waals surface area (Å²) in [6, 6.07) is 0.479. The topological polar surface area (TPSA) is 35.6 Å². The van der Waals surface area contributed by atoms with Gasteiger partial charge in [-0.2, -0.15) is 0 Å². The van der Waals surface area contributed by atoms with Gasteiger partial charge in [-0.15, -0.1) is 0 Å². The third-order valence-corrected chi connectivity index (χ3v) is 5.24. The van der Waals surface area contributed by atoms with Crippen LogP contribution in [0.25, 0.3) is 0 Å². The Labute approximate surface area is 124 Å². The van der Waals surface area contributed by atoms with Gasteiger partial charge >= 0.3 is 0 Å². The zero-order chi connectivity index (χ0) is 14.8. The summed E-state index contributed by atoms with van der Waals surface area (Å²) in [6.07, 6.45) is 3.66. The Kier molecular flexibility index (Phi) is 4.74. The summed E-state index contributed by atoms with van der Waals surface area (Å²) in [6.45, 7) is 2.12. The van der Waals surface area contributed by atoms with E-state index in [-0.39, 0.29) is 18.5 Å². The van der Waals surface area contributed by atoms with Crippen LogP contribution >= 0.6 is 0 Å². The lowest BCUT2D eigenvalue weighted by Crippen LogP contribution is -2.54. The van der Waals surface area contributed by atoms with Gasteiger partial charge in [-0.3, -0.25) is 9.69 Å². The van der Waals surface area contributed by atoms with Gasteiger partial charge in [0.2, 0.25) is 5.91 Å². The SMILES string of the molecule is O=C(C1CC2CCCCC2N1)N1CCN(CC(F)F)CC1. The summed E-state index contributed by atoms with van der Waals surface area (Å²) in [7, 11) is 0. The lowest BCUT2D eigenvalue weighted by molar-refractivity contribution is -0.135. The third-order valence-electron chi connectivity index (χ3n) is 5.24. The summed E-state index contributed by atoms with van der Waals surface area (Å²) in [5, 5.41) is 3.51. The molecule has 0 aromatic carbocycles. The fraction of sp³-hybridized carbons (Fsp3) is 0.933. The summed E-state index contributed by atoms with van der Waals surface area (Å²) in [5.41, 5.74) is 0. The zero-order valence-corrected chi connectivity index (χ0v) is 12.4. The highest BCUT2D eigenvalue weighted by Gasteiger charge is 2.40. The van der Waals surface area contributed by atoms with Crippen molar-refractivity contribution in [3.8, 4) is 0 Å². The largest absolute Gasteiger partial charge is 0.339 e. The maximum Gasteiger partial charge on any atom is 0.251 e. The molecular weight excluding hydrogens is 276 g/mol. The van der Waals surface area contributed by atoms with E-state index in [9.17, 15) is 13.6 Å². The number of carbonyl (C=O) groups is 1. The van der Waals surface area contributed by atoms with Crippen LogP contribution in [0.15, 0.2) is 0 Å². The standard InChI is InChI=1S/C15H25F2N3O/c16-14(17)10-19-5-7-20(8-6-19)15(21)13-9-11-3-1-2-4-12(11)18-13/h11-14,18H,1-10H2. The lowest BCUT2D eigenvalue weighted by atomic mass is 9.85. The molecule has 6 heteroatoms. The molecule has 0 radical (unpaired) electrons. The highest BCUT2D eigenvalue weighted by molar-refractivity contribution is 5.82. The summed E-state index contributed by atoms with van der Waals surface area (Å²) < 4.78 is 24.7. The number of fused-ring (bicyclic) bond motifs is 1. The summed E-state index contributed by atoms with van der Waals surface area (Å²) in [4.78, 5) is 16.2. The van der Waals surface area contributed by atoms with E-state index in [1.807, 2.05) is 4.90 Å². The van der Waals surface area contributed by atoms with Crippen LogP contribution in [0.4, 0.5) is 8.78 Å². The minimum Gasteiger partial charge on any atom is -0.339 e. The first-order chi connectivity index (χ1) is 10.1. The Morgan fingerprint density at radius 1 is 1.14 bits per heavy atom. The van der Waals surface area contributed by atoms with Crippen molar-refractivity contribution in [2.24, 2.45) is 5.92 Å². The van der Waals surface area contributed by atoms with Crippen molar-refractivity contribution in [1.82, 2.24) is 15.1 Å². The van der Waals surface area contributed by atoms with Gasteiger partial charge in [0.1, 0.15) is 0 Å². The highest BCUT2D eigenvalue weighted by atomic mass is 19.3. The molecular formula is C15H25F2N3O. The minimum atomic E-state index is -2.29. The first-order valence-corrected chi connectivity index (χ1v) is 8.19. The predicted molar refractivity (Wildman–Crippen MR) is 76.3 cm³/mol. The van der Waals surface area contributed by atoms with Gasteiger partial charge in [0.15, 0.2) is 0 Å². The second kappa shape index (κ2) is 6.57. The highest BCUT2D eigenvalue weighted by Crippen LogP contribution is 2.33. The van der Waals surface area contributed by atoms with E-state index in [0.717, 1.165) is 6.42 Å². The second-order valence-electron chi connectivity index (χ2n) is 6.62. The third kappa shape index (κ3) is 3.54. The average molecular weight is 301 g/mol. The number of hydrogen-bond donors (Lipinski definition) is 1. The van der Waals surface area contributed by atoms with Crippen LogP contribution in [0.5, 0.6) is 0 Å². The Balaban J connectivity index is 1.48. The normalized spacial score (nSPS) is 34.2. The Morgan fingerprint density at radius 2 is 1.86 bits per heavy atom. The van der Waals surface area contributed by atoms with E-state index in [2.05, 4.69) is 5.32 Å². The van der Waals surface area contributed by atoms with E-state index >= 15 is 0 Å². The molecule has 0 bridgehead atoms. The van der Waals surface area contributed by atoms with E-state index in [1.165, 1.54) is 25.7 Å². The fourth-order valence-corrected chi connectivity index (χ4v) is 4.08. The molecule has 2 aliphatic heterocycles. The first-order valence-electron chi connectivity index (χ1n) is 8.19. The molecule has 3 unspecified atom stereocenters. The number of amides is 1. The zero-order valence-electron chi connectivity index (χ0n) is 12.4. The molecule has 0 aromatic rings. The van der Waals surface area contributed by atoms with Crippen LogP contribution in [0.1, 0.15) is 32.1 Å². The smallest absolute Gasteiger partial charge is 0.251 e. The number of carbonyl (C=O) groups excluding carboxylic acids is 1. The lowest BCUT2D eigenvalue weighted by Gasteiger charge is -2.35. The molecule has 1 N–H and O–H groups in total. The minimum absolute atomic E-state index is 0.0419. The number of nitrogens with zero attached hydrogens (tertiary/aromatic N) is 2. The number of piperazine rings is 1. The quantitative estimate of drug-likeness (QED) is 0.854. The van der Waals surface area contributed by atoms with Crippen LogP contribution in [0.2, 0.25) is 0 Å². The molecule has 4 nitrogen and oxygen atoms in total. The Hall–Kier alpha value is -0.750. The molecule has 1 saturated carbocycles. The molecule has 1 amide bonds. The summed E-state index contributed by atoms with van der Waals surface area (Å²) >= 11 is 0. The van der Waals surface area contributed by atoms with Gasteiger partial charge in [-0.25, -0.2) is 8.78 Å². The van der Waals surface area contributed by atoms with Crippen LogP contribution in [-0.2, 0) is 4.79 Å². The Morgan fingerprint density at radius 3 is 2.52 bits per heavy atom. The summed E-state index contributed by atoms with van der Waals surface area (Å²) in [5.74, 6) is 0.842. The van der Waals surface area contributed by atoms with Crippen LogP contribution in [-0.4, -0.2) is 66.9 Å². The molecule has 120 valence electrons. The molecule has 0 spiro atoms. The second-order valence-corrected chi connectivity index (χ2v) is 6.62. The van der Waals surface area contributed by atoms with Crippen LogP contribution in [0, 0.1) is 5.92 Å². The van der Waals surface area contributed by atoms with Crippen molar-refractivity contribution in [2.75, 3.05) is 32.7 Å². The van der Waals surface area contributed by atoms with Gasteiger partial charge < -0.3 is 10.2 Å². The monoisotopic (exact) mass is 301 g/mol. The van der Waals surface area contributed by atoms with Crippen molar-refractivity contribution >= 4 is 5.91 Å². The van der Waals surface area contributed by atoms with Gasteiger partial charge in [0.05, 0.1) is 12.6 Å². The predicted octanol–water partition coefficient (Wildman–Crippen LogP) is 1.32. The number of hydrogen-bond acceptors (Lipinski definition) is 3. The molecule has 3 fully saturated rings. The van der Waals surface area contributed by atoms with Gasteiger partial charge in [0, 0.05) is 32.2 Å². The number of rotatable bonds is 3. The number of nitrogens with one attached hydrogen (secondary N) is 1. The van der Waals surface area contributed by atoms with E-state index in [0.29, 0.717) is 38.1 Å². The van der Waals surface area contributed by atoms with Crippen molar-refractivity contribution < 1.29 is 13.6 Å². The fourth-order valence-electron chi connectivity index (χ4n) is 4.08. The number of halogens is 2. The van der Waals surface area contributed by atoms with Crippen LogP contribution in [0.3, 0.4) is 0 Å². The molecule has 1 aliphatic carbocycles. The van der Waals surface area contributed by atoms with Crippen molar-refractivity contribution in [3.63, 3.8) is 0 Å². The van der Waals surface area contributed by atoms with E-state index < -0.39 is 6.43 Å². The van der Waals surface area contributed by atoms with Crippen molar-refractivity contribution in [3.05, 3.63) is 0 Å². The van der Waals surface area contributed by atoms with Crippen molar-refractivity contribution in [1.29, 1.82) is 0 Å². The molecule has 3 rings (SSSR count). The molecule has 21 heavy (non-hydrogen) atoms. The first kappa shape index (κ1) is 15.2. The maximum atomic E-state index is 12.6. The van der Waals surface area contributed by atoms with Crippen LogP contribution < -0.4 is 5.32 Å². The molecule has 2 heterocycles. The maximum absolute atomic E-state index is 12.6. The molecule has 3 atom stereocenters. The van der Waals surface area contributed by atoms with E-state index in [1.54, 1.807) is 4.90 Å². The van der Waals surface area contributed by atoms with Gasteiger partial charge in [0.25, 0.3) is 6.43 Å². The Bertz CT molecular complexity index is 358. The van der Waals surface area contributed by atoms with Crippen molar-refractivity contribution in [2.45, 2.75) is 50.6 Å². The average Bonchev–Trinajstić information content (AvgIpc) is 2.90. The molecule has 0 aromatic heterocycles.